The van der Waals surface area contributed by atoms with Gasteiger partial charge in [-0.1, -0.05) is 25.0 Å². The zero-order valence-electron chi connectivity index (χ0n) is 11.7. The second kappa shape index (κ2) is 8.74. The topological polar surface area (TPSA) is 50.4 Å². The highest BCUT2D eigenvalue weighted by atomic mass is 127. The lowest BCUT2D eigenvalue weighted by molar-refractivity contribution is -0.195. The molecule has 0 aromatic carbocycles. The number of halogens is 4. The van der Waals surface area contributed by atoms with E-state index in [-0.39, 0.29) is 42.9 Å². The van der Waals surface area contributed by atoms with Gasteiger partial charge in [0.15, 0.2) is 5.96 Å². The Hall–Kier alpha value is -0.470. The summed E-state index contributed by atoms with van der Waals surface area (Å²) in [5.41, 5.74) is 6.47. The molecule has 1 aliphatic rings. The lowest BCUT2D eigenvalue weighted by atomic mass is 9.79. The van der Waals surface area contributed by atoms with Crippen molar-refractivity contribution in [3.63, 3.8) is 0 Å². The van der Waals surface area contributed by atoms with Crippen LogP contribution in [0.4, 0.5) is 13.2 Å². The van der Waals surface area contributed by atoms with Crippen molar-refractivity contribution in [3.8, 4) is 0 Å². The van der Waals surface area contributed by atoms with E-state index in [4.69, 9.17) is 5.73 Å². The number of rotatable bonds is 4. The molecule has 0 aliphatic heterocycles. The molecule has 2 atom stereocenters. The Bertz CT molecular complexity index is 342. The maximum absolute atomic E-state index is 12.9. The van der Waals surface area contributed by atoms with Gasteiger partial charge < -0.3 is 11.1 Å². The minimum atomic E-state index is -4.11. The Morgan fingerprint density at radius 1 is 1.35 bits per heavy atom. The summed E-state index contributed by atoms with van der Waals surface area (Å²) in [6.45, 7) is 6.13. The lowest BCUT2D eigenvalue weighted by Crippen LogP contribution is -2.42. The van der Waals surface area contributed by atoms with Crippen LogP contribution in [-0.2, 0) is 0 Å². The van der Waals surface area contributed by atoms with Crippen LogP contribution in [0.15, 0.2) is 17.1 Å². The lowest BCUT2D eigenvalue weighted by Gasteiger charge is -2.33. The highest BCUT2D eigenvalue weighted by Gasteiger charge is 2.45. The molecule has 1 rings (SSSR count). The number of aliphatic imine (C=N–C) groups is 1. The predicted molar refractivity (Wildman–Crippen MR) is 86.2 cm³/mol. The third-order valence-electron chi connectivity index (χ3n) is 3.39. The maximum atomic E-state index is 12.9. The van der Waals surface area contributed by atoms with Crippen LogP contribution >= 0.6 is 24.0 Å². The van der Waals surface area contributed by atoms with Gasteiger partial charge in [0.1, 0.15) is 0 Å². The van der Waals surface area contributed by atoms with E-state index in [9.17, 15) is 13.2 Å². The van der Waals surface area contributed by atoms with Crippen molar-refractivity contribution in [2.24, 2.45) is 22.6 Å². The van der Waals surface area contributed by atoms with Gasteiger partial charge in [0, 0.05) is 6.54 Å². The minimum Gasteiger partial charge on any atom is -0.370 e. The summed E-state index contributed by atoms with van der Waals surface area (Å²) in [6.07, 6.45) is -1.80. The van der Waals surface area contributed by atoms with Crippen molar-refractivity contribution in [1.29, 1.82) is 0 Å². The Balaban J connectivity index is 0.00000361. The van der Waals surface area contributed by atoms with Crippen LogP contribution in [0.2, 0.25) is 0 Å². The number of nitrogens with one attached hydrogen (secondary N) is 1. The van der Waals surface area contributed by atoms with Crippen molar-refractivity contribution in [2.45, 2.75) is 38.8 Å². The minimum absolute atomic E-state index is 0. The second-order valence-electron chi connectivity index (χ2n) is 5.23. The number of guanidine groups is 1. The van der Waals surface area contributed by atoms with Crippen LogP contribution in [0.1, 0.15) is 32.6 Å². The van der Waals surface area contributed by atoms with Crippen molar-refractivity contribution in [3.05, 3.63) is 12.2 Å². The first kappa shape index (κ1) is 19.5. The molecule has 0 aromatic rings. The van der Waals surface area contributed by atoms with Crippen molar-refractivity contribution in [2.75, 3.05) is 13.1 Å². The molecule has 0 amide bonds. The molecule has 20 heavy (non-hydrogen) atoms. The van der Waals surface area contributed by atoms with Crippen LogP contribution in [0.3, 0.4) is 0 Å². The Kier molecular flexibility index (Phi) is 8.53. The van der Waals surface area contributed by atoms with E-state index in [1.165, 1.54) is 0 Å². The summed E-state index contributed by atoms with van der Waals surface area (Å²) in [5.74, 6) is -1.44. The van der Waals surface area contributed by atoms with E-state index >= 15 is 0 Å². The molecule has 3 nitrogen and oxygen atoms in total. The van der Waals surface area contributed by atoms with E-state index in [0.717, 1.165) is 12.0 Å². The van der Waals surface area contributed by atoms with E-state index in [1.54, 1.807) is 0 Å². The maximum Gasteiger partial charge on any atom is 0.392 e. The molecule has 0 saturated heterocycles. The van der Waals surface area contributed by atoms with E-state index < -0.39 is 18.0 Å². The van der Waals surface area contributed by atoms with Crippen LogP contribution in [-0.4, -0.2) is 25.2 Å². The molecule has 1 aliphatic carbocycles. The van der Waals surface area contributed by atoms with Gasteiger partial charge in [0.25, 0.3) is 0 Å². The third-order valence-corrected chi connectivity index (χ3v) is 3.39. The SMILES string of the molecule is C=C(C)CN=C(N)NC[C@H]1CCCC[C@H]1C(F)(F)F.I. The van der Waals surface area contributed by atoms with Crippen LogP contribution in [0, 0.1) is 11.8 Å². The molecule has 0 aromatic heterocycles. The Morgan fingerprint density at radius 2 is 1.95 bits per heavy atom. The zero-order chi connectivity index (χ0) is 14.5. The van der Waals surface area contributed by atoms with Crippen molar-refractivity contribution >= 4 is 29.9 Å². The first-order valence-electron chi connectivity index (χ1n) is 6.55. The molecule has 1 saturated carbocycles. The molecule has 0 bridgehead atoms. The monoisotopic (exact) mass is 405 g/mol. The molecule has 0 heterocycles. The van der Waals surface area contributed by atoms with Gasteiger partial charge in [-0.25, -0.2) is 4.99 Å². The van der Waals surface area contributed by atoms with Gasteiger partial charge in [-0.3, -0.25) is 0 Å². The summed E-state index contributed by atoms with van der Waals surface area (Å²) in [7, 11) is 0. The highest BCUT2D eigenvalue weighted by molar-refractivity contribution is 14.0. The van der Waals surface area contributed by atoms with Crippen LogP contribution in [0.25, 0.3) is 0 Å². The summed E-state index contributed by atoms with van der Waals surface area (Å²) in [6, 6.07) is 0. The third kappa shape index (κ3) is 6.81. The Morgan fingerprint density at radius 3 is 2.50 bits per heavy atom. The fraction of sp³-hybridized carbons (Fsp3) is 0.769. The van der Waals surface area contributed by atoms with Crippen LogP contribution in [0.5, 0.6) is 0 Å². The van der Waals surface area contributed by atoms with Gasteiger partial charge in [0.05, 0.1) is 12.5 Å². The molecule has 0 unspecified atom stereocenters. The number of nitrogens with zero attached hydrogens (tertiary/aromatic N) is 1. The van der Waals surface area contributed by atoms with E-state index in [2.05, 4.69) is 16.9 Å². The highest BCUT2D eigenvalue weighted by Crippen LogP contribution is 2.41. The molecule has 7 heteroatoms. The van der Waals surface area contributed by atoms with Crippen LogP contribution < -0.4 is 11.1 Å². The standard InChI is InChI=1S/C13H22F3N3.HI/c1-9(2)7-18-12(17)19-8-10-5-3-4-6-11(10)13(14,15)16;/h10-11H,1,3-8H2,2H3,(H3,17,18,19);1H/t10-,11-;/m1./s1. The molecule has 0 radical (unpaired) electrons. The predicted octanol–water partition coefficient (Wildman–Crippen LogP) is 3.45. The fourth-order valence-corrected chi connectivity index (χ4v) is 2.39. The first-order valence-corrected chi connectivity index (χ1v) is 6.55. The summed E-state index contributed by atoms with van der Waals surface area (Å²) >= 11 is 0. The molecular weight excluding hydrogens is 382 g/mol. The largest absolute Gasteiger partial charge is 0.392 e. The van der Waals surface area contributed by atoms with Crippen molar-refractivity contribution in [1.82, 2.24) is 5.32 Å². The van der Waals surface area contributed by atoms with Gasteiger partial charge in [0.2, 0.25) is 0 Å². The number of hydrogen-bond donors (Lipinski definition) is 2. The van der Waals surface area contributed by atoms with Crippen molar-refractivity contribution < 1.29 is 13.2 Å². The Labute approximate surface area is 135 Å². The molecule has 3 N–H and O–H groups in total. The van der Waals surface area contributed by atoms with Gasteiger partial charge in [-0.2, -0.15) is 13.2 Å². The number of hydrogen-bond acceptors (Lipinski definition) is 1. The smallest absolute Gasteiger partial charge is 0.370 e. The van der Waals surface area contributed by atoms with E-state index in [1.807, 2.05) is 6.92 Å². The fourth-order valence-electron chi connectivity index (χ4n) is 2.39. The normalized spacial score (nSPS) is 23.9. The average molecular weight is 405 g/mol. The summed E-state index contributed by atoms with van der Waals surface area (Å²) in [4.78, 5) is 4.00. The van der Waals surface area contributed by atoms with Gasteiger partial charge in [-0.15, -0.1) is 24.0 Å². The van der Waals surface area contributed by atoms with E-state index in [0.29, 0.717) is 19.4 Å². The number of nitrogens with two attached hydrogens (primary N) is 1. The average Bonchev–Trinajstić information content (AvgIpc) is 2.33. The second-order valence-corrected chi connectivity index (χ2v) is 5.23. The number of alkyl halides is 3. The summed E-state index contributed by atoms with van der Waals surface area (Å²) < 4.78 is 38.6. The van der Waals surface area contributed by atoms with Gasteiger partial charge in [-0.05, 0) is 25.7 Å². The summed E-state index contributed by atoms with van der Waals surface area (Å²) in [5, 5.41) is 2.80. The first-order chi connectivity index (χ1) is 8.80. The van der Waals surface area contributed by atoms with Gasteiger partial charge >= 0.3 is 6.18 Å². The zero-order valence-corrected chi connectivity index (χ0v) is 14.0. The molecular formula is C13H23F3IN3. The molecule has 0 spiro atoms. The quantitative estimate of drug-likeness (QED) is 0.326. The molecule has 1 fully saturated rings. The molecule has 118 valence electrons.